The zero-order valence-electron chi connectivity index (χ0n) is 19.1. The largest absolute Gasteiger partial charge is 0.482 e. The lowest BCUT2D eigenvalue weighted by Gasteiger charge is -2.26. The Morgan fingerprint density at radius 2 is 1.83 bits per heavy atom. The summed E-state index contributed by atoms with van der Waals surface area (Å²) in [4.78, 5) is 16.8. The van der Waals surface area contributed by atoms with E-state index in [9.17, 15) is 14.3 Å². The number of aliphatic hydroxyl groups excluding tert-OH is 1. The van der Waals surface area contributed by atoms with Crippen molar-refractivity contribution in [3.8, 4) is 16.9 Å². The highest BCUT2D eigenvalue weighted by Gasteiger charge is 2.22. The fourth-order valence-electron chi connectivity index (χ4n) is 4.18. The van der Waals surface area contributed by atoms with Crippen molar-refractivity contribution in [2.24, 2.45) is 0 Å². The smallest absolute Gasteiger partial charge is 0.251 e. The number of anilines is 1. The van der Waals surface area contributed by atoms with Gasteiger partial charge in [0.2, 0.25) is 0 Å². The Bertz CT molecular complexity index is 1220. The van der Waals surface area contributed by atoms with Crippen molar-refractivity contribution in [2.45, 2.75) is 50.9 Å². The molecule has 1 atom stereocenters. The second-order valence-electron chi connectivity index (χ2n) is 8.68. The number of nitrogens with zero attached hydrogens (tertiary/aromatic N) is 1. The van der Waals surface area contributed by atoms with Crippen molar-refractivity contribution < 1.29 is 19.0 Å². The highest BCUT2D eigenvalue weighted by atomic mass is 35.5. The second-order valence-corrected chi connectivity index (χ2v) is 9.47. The van der Waals surface area contributed by atoms with E-state index in [0.717, 1.165) is 24.0 Å². The van der Waals surface area contributed by atoms with Gasteiger partial charge in [0.1, 0.15) is 11.9 Å². The summed E-state index contributed by atoms with van der Waals surface area (Å²) in [7, 11) is 0. The summed E-state index contributed by atoms with van der Waals surface area (Å²) in [6.07, 6.45) is 3.61. The quantitative estimate of drug-likeness (QED) is 0.351. The van der Waals surface area contributed by atoms with Crippen LogP contribution in [0.1, 0.15) is 54.6 Å². The van der Waals surface area contributed by atoms with E-state index in [0.29, 0.717) is 29.7 Å². The molecule has 4 rings (SSSR count). The molecule has 2 aromatic carbocycles. The van der Waals surface area contributed by atoms with E-state index in [1.54, 1.807) is 31.3 Å². The second kappa shape index (κ2) is 10.8. The number of nitrogens with two attached hydrogens (primary N) is 1. The monoisotopic (exact) mass is 517 g/mol. The first-order valence-corrected chi connectivity index (χ1v) is 12.1. The van der Waals surface area contributed by atoms with E-state index in [-0.39, 0.29) is 33.9 Å². The Hall–Kier alpha value is -2.87. The Labute approximate surface area is 213 Å². The van der Waals surface area contributed by atoms with Crippen LogP contribution < -0.4 is 15.8 Å². The molecule has 1 aromatic heterocycles. The lowest BCUT2D eigenvalue weighted by Crippen LogP contribution is -2.38. The third kappa shape index (κ3) is 5.86. The Morgan fingerprint density at radius 1 is 1.14 bits per heavy atom. The number of hydrogen-bond acceptors (Lipinski definition) is 5. The van der Waals surface area contributed by atoms with Gasteiger partial charge in [-0.25, -0.2) is 9.37 Å². The number of halogens is 3. The Kier molecular flexibility index (Phi) is 7.79. The van der Waals surface area contributed by atoms with Crippen molar-refractivity contribution in [2.75, 3.05) is 5.73 Å². The number of pyridine rings is 1. The highest BCUT2D eigenvalue weighted by molar-refractivity contribution is 6.36. The van der Waals surface area contributed by atoms with Gasteiger partial charge in [-0.05, 0) is 68.5 Å². The van der Waals surface area contributed by atoms with E-state index < -0.39 is 11.9 Å². The minimum atomic E-state index is -0.683. The van der Waals surface area contributed by atoms with Crippen LogP contribution in [-0.2, 0) is 0 Å². The minimum absolute atomic E-state index is 0.0775. The normalized spacial score (nSPS) is 18.7. The molecule has 0 radical (unpaired) electrons. The van der Waals surface area contributed by atoms with Crippen LogP contribution >= 0.6 is 23.2 Å². The number of aromatic nitrogens is 1. The van der Waals surface area contributed by atoms with Gasteiger partial charge < -0.3 is 20.9 Å². The molecule has 1 heterocycles. The summed E-state index contributed by atoms with van der Waals surface area (Å²) in [6, 6.07) is 11.5. The number of carbonyl (C=O) groups excluding carboxylic acids is 1. The van der Waals surface area contributed by atoms with Crippen LogP contribution in [0.25, 0.3) is 11.1 Å². The summed E-state index contributed by atoms with van der Waals surface area (Å²) in [5, 5.41) is 12.8. The number of amides is 1. The summed E-state index contributed by atoms with van der Waals surface area (Å²) in [5.74, 6) is -0.271. The van der Waals surface area contributed by atoms with Crippen LogP contribution in [0, 0.1) is 5.82 Å². The van der Waals surface area contributed by atoms with Gasteiger partial charge in [-0.15, -0.1) is 0 Å². The summed E-state index contributed by atoms with van der Waals surface area (Å²) in [5.41, 5.74) is 8.42. The number of hydrogen-bond donors (Lipinski definition) is 3. The van der Waals surface area contributed by atoms with Gasteiger partial charge in [-0.1, -0.05) is 35.3 Å². The average molecular weight is 518 g/mol. The third-order valence-corrected chi connectivity index (χ3v) is 6.90. The lowest BCUT2D eigenvalue weighted by molar-refractivity contribution is 0.0867. The van der Waals surface area contributed by atoms with Crippen molar-refractivity contribution in [3.05, 3.63) is 75.7 Å². The molecule has 1 unspecified atom stereocenters. The predicted octanol–water partition coefficient (Wildman–Crippen LogP) is 5.95. The topological polar surface area (TPSA) is 97.5 Å². The van der Waals surface area contributed by atoms with Crippen molar-refractivity contribution in [3.63, 3.8) is 0 Å². The number of aliphatic hydroxyl groups is 1. The molecule has 1 aliphatic rings. The molecular weight excluding hydrogens is 492 g/mol. The molecule has 1 saturated carbocycles. The SMILES string of the molecule is CC(Oc1cc(-c2ccc(C(=O)N[C@H]3CC[C@H](O)CC3)cc2)cnc1N)c1c(Cl)ccc(F)c1Cl. The number of nitrogens with one attached hydrogen (secondary N) is 1. The van der Waals surface area contributed by atoms with Crippen LogP contribution in [-0.4, -0.2) is 28.1 Å². The lowest BCUT2D eigenvalue weighted by atomic mass is 9.93. The van der Waals surface area contributed by atoms with E-state index >= 15 is 0 Å². The predicted molar refractivity (Wildman–Crippen MR) is 135 cm³/mol. The molecule has 35 heavy (non-hydrogen) atoms. The molecule has 1 fully saturated rings. The molecule has 6 nitrogen and oxygen atoms in total. The number of ether oxygens (including phenoxy) is 1. The third-order valence-electron chi connectivity index (χ3n) is 6.18. The standard InChI is InChI=1S/C26H26Cl2FN3O3/c1-14(23-20(27)10-11-21(29)24(23)28)35-22-12-17(13-31-25(22)30)15-2-4-16(5-3-15)26(34)32-18-6-8-19(33)9-7-18/h2-5,10-14,18-19,33H,6-9H2,1H3,(H2,30,31)(H,32,34)/t14?,18-,19-. The zero-order chi connectivity index (χ0) is 25.1. The van der Waals surface area contributed by atoms with Crippen LogP contribution in [0.5, 0.6) is 5.75 Å². The van der Waals surface area contributed by atoms with Crippen LogP contribution in [0.3, 0.4) is 0 Å². The summed E-state index contributed by atoms with van der Waals surface area (Å²) >= 11 is 12.3. The van der Waals surface area contributed by atoms with E-state index in [2.05, 4.69) is 10.3 Å². The molecule has 0 aliphatic heterocycles. The molecule has 1 aliphatic carbocycles. The molecule has 4 N–H and O–H groups in total. The molecule has 0 spiro atoms. The van der Waals surface area contributed by atoms with Crippen LogP contribution in [0.4, 0.5) is 10.2 Å². The molecule has 1 amide bonds. The Morgan fingerprint density at radius 3 is 2.51 bits per heavy atom. The van der Waals surface area contributed by atoms with Gasteiger partial charge in [-0.2, -0.15) is 0 Å². The van der Waals surface area contributed by atoms with Crippen LogP contribution in [0.15, 0.2) is 48.7 Å². The van der Waals surface area contributed by atoms with E-state index in [1.165, 1.54) is 12.1 Å². The molecule has 184 valence electrons. The number of nitrogen functional groups attached to an aromatic ring is 1. The zero-order valence-corrected chi connectivity index (χ0v) is 20.6. The first-order chi connectivity index (χ1) is 16.7. The summed E-state index contributed by atoms with van der Waals surface area (Å²) < 4.78 is 19.9. The first-order valence-electron chi connectivity index (χ1n) is 11.4. The first kappa shape index (κ1) is 25.2. The number of rotatable bonds is 6. The molecular formula is C26H26Cl2FN3O3. The van der Waals surface area contributed by atoms with Crippen molar-refractivity contribution >= 4 is 34.9 Å². The van der Waals surface area contributed by atoms with Gasteiger partial charge in [0, 0.05) is 34.0 Å². The molecule has 3 aromatic rings. The Balaban J connectivity index is 1.48. The maximum absolute atomic E-state index is 13.9. The molecule has 0 bridgehead atoms. The van der Waals surface area contributed by atoms with E-state index in [4.69, 9.17) is 33.7 Å². The molecule has 9 heteroatoms. The summed E-state index contributed by atoms with van der Waals surface area (Å²) in [6.45, 7) is 1.69. The maximum Gasteiger partial charge on any atom is 0.251 e. The fraction of sp³-hybridized carbons (Fsp3) is 0.308. The van der Waals surface area contributed by atoms with Gasteiger partial charge in [0.25, 0.3) is 5.91 Å². The fourth-order valence-corrected chi connectivity index (χ4v) is 4.85. The number of benzene rings is 2. The number of carbonyl (C=O) groups is 1. The van der Waals surface area contributed by atoms with Gasteiger partial charge in [-0.3, -0.25) is 4.79 Å². The van der Waals surface area contributed by atoms with Crippen molar-refractivity contribution in [1.82, 2.24) is 10.3 Å². The molecule has 0 saturated heterocycles. The van der Waals surface area contributed by atoms with Gasteiger partial charge in [0.05, 0.1) is 11.1 Å². The van der Waals surface area contributed by atoms with E-state index in [1.807, 2.05) is 12.1 Å². The van der Waals surface area contributed by atoms with Gasteiger partial charge in [0.15, 0.2) is 11.6 Å². The van der Waals surface area contributed by atoms with Gasteiger partial charge >= 0.3 is 0 Å². The van der Waals surface area contributed by atoms with Crippen molar-refractivity contribution in [1.29, 1.82) is 0 Å². The maximum atomic E-state index is 13.9. The highest BCUT2D eigenvalue weighted by Crippen LogP contribution is 2.37. The average Bonchev–Trinajstić information content (AvgIpc) is 2.84. The van der Waals surface area contributed by atoms with Crippen LogP contribution in [0.2, 0.25) is 10.0 Å². The minimum Gasteiger partial charge on any atom is -0.482 e.